The number of halogens is 1. The third-order valence-corrected chi connectivity index (χ3v) is 6.24. The van der Waals surface area contributed by atoms with E-state index in [1.54, 1.807) is 0 Å². The summed E-state index contributed by atoms with van der Waals surface area (Å²) in [5, 5.41) is 12.4. The lowest BCUT2D eigenvalue weighted by molar-refractivity contribution is 0.0308. The van der Waals surface area contributed by atoms with Crippen molar-refractivity contribution in [3.05, 3.63) is 0 Å². The van der Waals surface area contributed by atoms with Gasteiger partial charge < -0.3 is 20.2 Å². The van der Waals surface area contributed by atoms with Gasteiger partial charge >= 0.3 is 6.09 Å². The molecule has 3 saturated heterocycles. The molecule has 3 aliphatic heterocycles. The third-order valence-electron chi connectivity index (χ3n) is 6.24. The first-order valence-electron chi connectivity index (χ1n) is 9.79. The van der Waals surface area contributed by atoms with Gasteiger partial charge in [-0.3, -0.25) is 4.90 Å². The number of alkyl halides is 1. The number of carbonyl (C=O) groups is 1. The molecular weight excluding hydrogens is 323 g/mol. The van der Waals surface area contributed by atoms with Gasteiger partial charge in [0.05, 0.1) is 0 Å². The molecule has 3 rings (SSSR count). The number of piperazine rings is 1. The van der Waals surface area contributed by atoms with Crippen molar-refractivity contribution in [3.63, 3.8) is 0 Å². The average molecular weight is 356 g/mol. The highest BCUT2D eigenvalue weighted by atomic mass is 19.1. The summed E-state index contributed by atoms with van der Waals surface area (Å²) < 4.78 is 14.8. The molecule has 1 amide bonds. The van der Waals surface area contributed by atoms with Crippen LogP contribution in [0.3, 0.4) is 0 Å². The quantitative estimate of drug-likeness (QED) is 0.799. The van der Waals surface area contributed by atoms with Crippen molar-refractivity contribution in [2.75, 3.05) is 58.9 Å². The minimum atomic E-state index is -1.00. The van der Waals surface area contributed by atoms with Crippen LogP contribution < -0.4 is 5.32 Å². The molecule has 25 heavy (non-hydrogen) atoms. The zero-order valence-corrected chi connectivity index (χ0v) is 15.4. The van der Waals surface area contributed by atoms with Gasteiger partial charge in [0.15, 0.2) is 0 Å². The predicted molar refractivity (Wildman–Crippen MR) is 95.7 cm³/mol. The van der Waals surface area contributed by atoms with Crippen LogP contribution in [0.25, 0.3) is 0 Å². The van der Waals surface area contributed by atoms with E-state index in [4.69, 9.17) is 5.11 Å². The summed E-state index contributed by atoms with van der Waals surface area (Å²) in [7, 11) is 0. The van der Waals surface area contributed by atoms with Crippen LogP contribution in [0.15, 0.2) is 0 Å². The lowest BCUT2D eigenvalue weighted by atomic mass is 9.90. The third kappa shape index (κ3) is 5.05. The zero-order chi connectivity index (χ0) is 17.9. The molecule has 3 aliphatic rings. The van der Waals surface area contributed by atoms with Gasteiger partial charge in [-0.1, -0.05) is 0 Å². The molecule has 3 fully saturated rings. The van der Waals surface area contributed by atoms with E-state index in [1.807, 2.05) is 0 Å². The standard InChI is InChI=1S/C18H33FN4O2/c1-15-12-23(17(24)25)11-10-22(15)13-16-2-8-21(9-3-16)14-18(19)4-6-20-7-5-18/h15-16,20H,2-14H2,1H3,(H,24,25)/t15-/m0/s1. The molecule has 0 saturated carbocycles. The van der Waals surface area contributed by atoms with Crippen molar-refractivity contribution in [1.82, 2.24) is 20.0 Å². The van der Waals surface area contributed by atoms with Crippen LogP contribution in [0.5, 0.6) is 0 Å². The minimum absolute atomic E-state index is 0.284. The normalized spacial score (nSPS) is 29.7. The number of likely N-dealkylation sites (tertiary alicyclic amines) is 1. The van der Waals surface area contributed by atoms with Crippen LogP contribution in [0, 0.1) is 5.92 Å². The molecule has 3 heterocycles. The van der Waals surface area contributed by atoms with Gasteiger partial charge in [0.25, 0.3) is 0 Å². The summed E-state index contributed by atoms with van der Waals surface area (Å²) in [6.45, 7) is 9.38. The van der Waals surface area contributed by atoms with Gasteiger partial charge in [0, 0.05) is 38.8 Å². The molecule has 0 aromatic rings. The maximum absolute atomic E-state index is 14.8. The average Bonchev–Trinajstić information content (AvgIpc) is 2.58. The molecule has 6 nitrogen and oxygen atoms in total. The fourth-order valence-electron chi connectivity index (χ4n) is 4.53. The molecule has 0 bridgehead atoms. The van der Waals surface area contributed by atoms with Gasteiger partial charge in [0.1, 0.15) is 5.67 Å². The molecule has 0 aromatic carbocycles. The van der Waals surface area contributed by atoms with Crippen molar-refractivity contribution in [3.8, 4) is 0 Å². The number of rotatable bonds is 4. The number of nitrogens with zero attached hydrogens (tertiary/aromatic N) is 3. The van der Waals surface area contributed by atoms with E-state index in [0.29, 0.717) is 38.4 Å². The summed E-state index contributed by atoms with van der Waals surface area (Å²) in [5.41, 5.74) is -1.00. The predicted octanol–water partition coefficient (Wildman–Crippen LogP) is 1.47. The van der Waals surface area contributed by atoms with Crippen molar-refractivity contribution in [2.45, 2.75) is 44.3 Å². The Morgan fingerprint density at radius 2 is 1.88 bits per heavy atom. The Balaban J connectivity index is 1.40. The SMILES string of the molecule is C[C@H]1CN(C(=O)O)CCN1CC1CCN(CC2(F)CCNCC2)CC1. The fourth-order valence-corrected chi connectivity index (χ4v) is 4.53. The first kappa shape index (κ1) is 18.9. The first-order valence-corrected chi connectivity index (χ1v) is 9.79. The number of piperidine rings is 2. The second-order valence-electron chi connectivity index (χ2n) is 8.19. The second kappa shape index (κ2) is 8.18. The molecule has 0 aliphatic carbocycles. The maximum atomic E-state index is 14.8. The number of amides is 1. The minimum Gasteiger partial charge on any atom is -0.465 e. The lowest BCUT2D eigenvalue weighted by Gasteiger charge is -2.43. The Morgan fingerprint density at radius 3 is 2.48 bits per heavy atom. The highest BCUT2D eigenvalue weighted by molar-refractivity contribution is 5.65. The smallest absolute Gasteiger partial charge is 0.407 e. The molecule has 2 N–H and O–H groups in total. The van der Waals surface area contributed by atoms with Crippen molar-refractivity contribution >= 4 is 6.09 Å². The monoisotopic (exact) mass is 356 g/mol. The van der Waals surface area contributed by atoms with Crippen LogP contribution in [0.4, 0.5) is 9.18 Å². The molecule has 7 heteroatoms. The number of hydrogen-bond donors (Lipinski definition) is 2. The van der Waals surface area contributed by atoms with Gasteiger partial charge in [-0.2, -0.15) is 0 Å². The number of nitrogens with one attached hydrogen (secondary N) is 1. The molecule has 0 unspecified atom stereocenters. The van der Waals surface area contributed by atoms with E-state index in [1.165, 1.54) is 4.90 Å². The summed E-state index contributed by atoms with van der Waals surface area (Å²) in [6.07, 6.45) is 2.72. The van der Waals surface area contributed by atoms with Gasteiger partial charge in [-0.05, 0) is 64.7 Å². The van der Waals surface area contributed by atoms with Crippen molar-refractivity contribution in [2.24, 2.45) is 5.92 Å². The van der Waals surface area contributed by atoms with Crippen molar-refractivity contribution in [1.29, 1.82) is 0 Å². The Kier molecular flexibility index (Phi) is 6.17. The van der Waals surface area contributed by atoms with E-state index in [-0.39, 0.29) is 6.04 Å². The molecule has 0 radical (unpaired) electrons. The van der Waals surface area contributed by atoms with Crippen molar-refractivity contribution < 1.29 is 14.3 Å². The Labute approximate surface area is 150 Å². The summed E-state index contributed by atoms with van der Waals surface area (Å²) >= 11 is 0. The fraction of sp³-hybridized carbons (Fsp3) is 0.944. The number of hydrogen-bond acceptors (Lipinski definition) is 4. The molecule has 0 aromatic heterocycles. The van der Waals surface area contributed by atoms with E-state index in [2.05, 4.69) is 22.0 Å². The summed E-state index contributed by atoms with van der Waals surface area (Å²) in [6, 6.07) is 0.284. The van der Waals surface area contributed by atoms with Gasteiger partial charge in [-0.15, -0.1) is 0 Å². The Hall–Kier alpha value is -0.920. The van der Waals surface area contributed by atoms with Gasteiger partial charge in [0.2, 0.25) is 0 Å². The molecule has 0 spiro atoms. The van der Waals surface area contributed by atoms with Crippen LogP contribution in [0.1, 0.15) is 32.6 Å². The Morgan fingerprint density at radius 1 is 1.20 bits per heavy atom. The van der Waals surface area contributed by atoms with Crippen LogP contribution >= 0.6 is 0 Å². The maximum Gasteiger partial charge on any atom is 0.407 e. The van der Waals surface area contributed by atoms with Crippen LogP contribution in [-0.2, 0) is 0 Å². The van der Waals surface area contributed by atoms with Gasteiger partial charge in [-0.25, -0.2) is 9.18 Å². The van der Waals surface area contributed by atoms with E-state index in [0.717, 1.165) is 52.1 Å². The van der Waals surface area contributed by atoms with E-state index in [9.17, 15) is 9.18 Å². The second-order valence-corrected chi connectivity index (χ2v) is 8.19. The summed E-state index contributed by atoms with van der Waals surface area (Å²) in [5.74, 6) is 0.652. The number of carboxylic acid groups (broad SMARTS) is 1. The largest absolute Gasteiger partial charge is 0.465 e. The highest BCUT2D eigenvalue weighted by Crippen LogP contribution is 2.27. The molecule has 144 valence electrons. The van der Waals surface area contributed by atoms with Crippen LogP contribution in [-0.4, -0.2) is 96.5 Å². The molecular formula is C18H33FN4O2. The summed E-state index contributed by atoms with van der Waals surface area (Å²) in [4.78, 5) is 17.4. The topological polar surface area (TPSA) is 59.1 Å². The highest BCUT2D eigenvalue weighted by Gasteiger charge is 2.35. The van der Waals surface area contributed by atoms with E-state index < -0.39 is 11.8 Å². The van der Waals surface area contributed by atoms with E-state index >= 15 is 0 Å². The first-order chi connectivity index (χ1) is 12.0. The molecule has 1 atom stereocenters. The van der Waals surface area contributed by atoms with Crippen LogP contribution in [0.2, 0.25) is 0 Å². The lowest BCUT2D eigenvalue weighted by Crippen LogP contribution is -2.55. The zero-order valence-electron chi connectivity index (χ0n) is 15.4. The Bertz CT molecular complexity index is 450.